The fraction of sp³-hybridized carbons (Fsp3) is 0.520. The second kappa shape index (κ2) is 10.8. The monoisotopic (exact) mass is 439 g/mol. The molecule has 2 aliphatic heterocycles. The topological polar surface area (TPSA) is 72.9 Å². The molecule has 0 radical (unpaired) electrons. The Hall–Kier alpha value is -2.64. The number of hydrogen-bond donors (Lipinski definition) is 1. The third-order valence-corrected chi connectivity index (χ3v) is 5.95. The number of pyridine rings is 1. The highest BCUT2D eigenvalue weighted by atomic mass is 16.5. The molecule has 1 saturated heterocycles. The molecule has 0 aliphatic carbocycles. The number of nitrogens with zero attached hydrogens (tertiary/aromatic N) is 2. The number of amides is 1. The van der Waals surface area contributed by atoms with Crippen LogP contribution < -0.4 is 14.8 Å². The zero-order chi connectivity index (χ0) is 22.3. The second-order valence-electron chi connectivity index (χ2n) is 8.86. The van der Waals surface area contributed by atoms with Crippen molar-refractivity contribution in [1.82, 2.24) is 15.2 Å². The molecule has 7 heteroatoms. The van der Waals surface area contributed by atoms with Gasteiger partial charge in [-0.15, -0.1) is 0 Å². The van der Waals surface area contributed by atoms with Crippen LogP contribution in [0, 0.1) is 5.92 Å². The quantitative estimate of drug-likeness (QED) is 0.680. The fourth-order valence-corrected chi connectivity index (χ4v) is 4.20. The van der Waals surface area contributed by atoms with E-state index >= 15 is 0 Å². The van der Waals surface area contributed by atoms with Gasteiger partial charge in [-0.25, -0.2) is 0 Å². The number of fused-ring (bicyclic) bond motifs is 1. The van der Waals surface area contributed by atoms with Crippen LogP contribution >= 0.6 is 0 Å². The number of nitrogens with one attached hydrogen (secondary N) is 1. The molecule has 32 heavy (non-hydrogen) atoms. The Balaban J connectivity index is 1.30. The van der Waals surface area contributed by atoms with Gasteiger partial charge in [-0.1, -0.05) is 19.9 Å². The third kappa shape index (κ3) is 5.99. The summed E-state index contributed by atoms with van der Waals surface area (Å²) in [6.07, 6.45) is 5.51. The molecule has 0 saturated carbocycles. The number of benzene rings is 1. The zero-order valence-corrected chi connectivity index (χ0v) is 19.0. The molecular weight excluding hydrogens is 406 g/mol. The van der Waals surface area contributed by atoms with E-state index in [0.717, 1.165) is 48.6 Å². The van der Waals surface area contributed by atoms with Gasteiger partial charge >= 0.3 is 0 Å². The first-order valence-electron chi connectivity index (χ1n) is 11.5. The lowest BCUT2D eigenvalue weighted by Gasteiger charge is -2.25. The van der Waals surface area contributed by atoms with Crippen molar-refractivity contribution in [2.24, 2.45) is 5.92 Å². The van der Waals surface area contributed by atoms with Crippen molar-refractivity contribution in [2.75, 3.05) is 32.8 Å². The minimum absolute atomic E-state index is 0.0330. The van der Waals surface area contributed by atoms with E-state index in [1.54, 1.807) is 12.4 Å². The number of ether oxygens (including phenoxy) is 3. The Morgan fingerprint density at radius 2 is 1.97 bits per heavy atom. The van der Waals surface area contributed by atoms with Crippen LogP contribution in [-0.4, -0.2) is 54.7 Å². The predicted octanol–water partition coefficient (Wildman–Crippen LogP) is 3.35. The molecule has 2 aromatic rings. The fourth-order valence-electron chi connectivity index (χ4n) is 4.20. The highest BCUT2D eigenvalue weighted by Crippen LogP contribution is 2.34. The van der Waals surface area contributed by atoms with Crippen LogP contribution in [-0.2, 0) is 16.1 Å². The molecule has 0 spiro atoms. The van der Waals surface area contributed by atoms with Crippen molar-refractivity contribution in [2.45, 2.75) is 45.4 Å². The van der Waals surface area contributed by atoms with Crippen LogP contribution in [0.15, 0.2) is 42.7 Å². The Morgan fingerprint density at radius 1 is 1.19 bits per heavy atom. The van der Waals surface area contributed by atoms with Crippen LogP contribution in [0.1, 0.15) is 43.9 Å². The molecule has 2 atom stereocenters. The molecule has 1 aromatic carbocycles. The Bertz CT molecular complexity index is 890. The molecule has 1 aromatic heterocycles. The summed E-state index contributed by atoms with van der Waals surface area (Å²) in [7, 11) is 0. The smallest absolute Gasteiger partial charge is 0.234 e. The van der Waals surface area contributed by atoms with Gasteiger partial charge in [0.2, 0.25) is 5.91 Å². The number of carbonyl (C=O) groups excluding carboxylic acids is 1. The number of rotatable bonds is 8. The van der Waals surface area contributed by atoms with E-state index in [1.165, 1.54) is 0 Å². The summed E-state index contributed by atoms with van der Waals surface area (Å²) in [4.78, 5) is 19.1. The molecule has 172 valence electrons. The normalized spacial score (nSPS) is 19.5. The van der Waals surface area contributed by atoms with Crippen molar-refractivity contribution >= 4 is 5.91 Å². The Kier molecular flexibility index (Phi) is 7.60. The first-order valence-corrected chi connectivity index (χ1v) is 11.5. The van der Waals surface area contributed by atoms with Crippen molar-refractivity contribution in [3.8, 4) is 11.5 Å². The molecule has 0 unspecified atom stereocenters. The maximum Gasteiger partial charge on any atom is 0.234 e. The average Bonchev–Trinajstić information content (AvgIpc) is 3.10. The SMILES string of the molecule is CC(C)[C@H](NC(=O)CN1CC[C@H](OCc2ccncc2)C1)c1ccc2c(c1)OCCCO2. The maximum atomic E-state index is 12.9. The van der Waals surface area contributed by atoms with E-state index < -0.39 is 0 Å². The van der Waals surface area contributed by atoms with E-state index in [9.17, 15) is 4.79 Å². The van der Waals surface area contributed by atoms with Crippen molar-refractivity contribution < 1.29 is 19.0 Å². The van der Waals surface area contributed by atoms with Gasteiger partial charge in [-0.2, -0.15) is 0 Å². The van der Waals surface area contributed by atoms with Gasteiger partial charge < -0.3 is 19.5 Å². The van der Waals surface area contributed by atoms with E-state index in [1.807, 2.05) is 30.3 Å². The van der Waals surface area contributed by atoms with Gasteiger partial charge in [0.25, 0.3) is 0 Å². The lowest BCUT2D eigenvalue weighted by Crippen LogP contribution is -2.39. The summed E-state index contributed by atoms with van der Waals surface area (Å²) >= 11 is 0. The molecule has 7 nitrogen and oxygen atoms in total. The second-order valence-corrected chi connectivity index (χ2v) is 8.86. The van der Waals surface area contributed by atoms with Gasteiger partial charge in [-0.05, 0) is 47.7 Å². The summed E-state index contributed by atoms with van der Waals surface area (Å²) in [5.74, 6) is 1.81. The molecule has 3 heterocycles. The maximum absolute atomic E-state index is 12.9. The van der Waals surface area contributed by atoms with E-state index in [2.05, 4.69) is 29.0 Å². The molecular formula is C25H33N3O4. The minimum atomic E-state index is -0.0824. The van der Waals surface area contributed by atoms with Gasteiger partial charge in [0.15, 0.2) is 11.5 Å². The van der Waals surface area contributed by atoms with Gasteiger partial charge in [-0.3, -0.25) is 14.7 Å². The molecule has 1 N–H and O–H groups in total. The first kappa shape index (κ1) is 22.6. The molecule has 2 aliphatic rings. The first-order chi connectivity index (χ1) is 15.6. The summed E-state index contributed by atoms with van der Waals surface area (Å²) in [5, 5.41) is 3.23. The van der Waals surface area contributed by atoms with Gasteiger partial charge in [0.1, 0.15) is 0 Å². The zero-order valence-electron chi connectivity index (χ0n) is 19.0. The minimum Gasteiger partial charge on any atom is -0.490 e. The number of hydrogen-bond acceptors (Lipinski definition) is 6. The van der Waals surface area contributed by atoms with Crippen LogP contribution in [0.3, 0.4) is 0 Å². The van der Waals surface area contributed by atoms with Crippen molar-refractivity contribution in [3.63, 3.8) is 0 Å². The largest absolute Gasteiger partial charge is 0.490 e. The summed E-state index contributed by atoms with van der Waals surface area (Å²) in [6.45, 7) is 8.14. The lowest BCUT2D eigenvalue weighted by molar-refractivity contribution is -0.123. The molecule has 4 rings (SSSR count). The average molecular weight is 440 g/mol. The van der Waals surface area contributed by atoms with Crippen LogP contribution in [0.5, 0.6) is 11.5 Å². The van der Waals surface area contributed by atoms with Crippen LogP contribution in [0.25, 0.3) is 0 Å². The van der Waals surface area contributed by atoms with E-state index in [0.29, 0.717) is 26.4 Å². The van der Waals surface area contributed by atoms with Gasteiger partial charge in [0, 0.05) is 31.9 Å². The third-order valence-electron chi connectivity index (χ3n) is 5.95. The molecule has 1 amide bonds. The van der Waals surface area contributed by atoms with Crippen molar-refractivity contribution in [3.05, 3.63) is 53.9 Å². The Morgan fingerprint density at radius 3 is 2.75 bits per heavy atom. The van der Waals surface area contributed by atoms with E-state index in [4.69, 9.17) is 14.2 Å². The predicted molar refractivity (Wildman–Crippen MR) is 122 cm³/mol. The highest BCUT2D eigenvalue weighted by molar-refractivity contribution is 5.78. The molecule has 0 bridgehead atoms. The van der Waals surface area contributed by atoms with Gasteiger partial charge in [0.05, 0.1) is 38.5 Å². The standard InChI is InChI=1S/C25H33N3O4/c1-18(2)25(20-4-5-22-23(14-20)31-13-3-12-30-22)27-24(29)16-28-11-8-21(15-28)32-17-19-6-9-26-10-7-19/h4-7,9-10,14,18,21,25H,3,8,11-13,15-17H2,1-2H3,(H,27,29)/t21-,25-/m0/s1. The molecule has 1 fully saturated rings. The number of carbonyl (C=O) groups is 1. The Labute approximate surface area is 190 Å². The van der Waals surface area contributed by atoms with Crippen LogP contribution in [0.2, 0.25) is 0 Å². The number of aromatic nitrogens is 1. The summed E-state index contributed by atoms with van der Waals surface area (Å²) in [5.41, 5.74) is 2.16. The highest BCUT2D eigenvalue weighted by Gasteiger charge is 2.27. The van der Waals surface area contributed by atoms with Crippen LogP contribution in [0.4, 0.5) is 0 Å². The van der Waals surface area contributed by atoms with Crippen molar-refractivity contribution in [1.29, 1.82) is 0 Å². The number of likely N-dealkylation sites (tertiary alicyclic amines) is 1. The lowest BCUT2D eigenvalue weighted by atomic mass is 9.95. The van der Waals surface area contributed by atoms with E-state index in [-0.39, 0.29) is 24.0 Å². The summed E-state index contributed by atoms with van der Waals surface area (Å²) in [6, 6.07) is 9.82. The summed E-state index contributed by atoms with van der Waals surface area (Å²) < 4.78 is 17.6.